The van der Waals surface area contributed by atoms with Crippen LogP contribution in [0.4, 0.5) is 4.79 Å². The minimum Gasteiger partial charge on any atom is -0.458 e. The van der Waals surface area contributed by atoms with E-state index in [4.69, 9.17) is 9.47 Å². The lowest BCUT2D eigenvalue weighted by molar-refractivity contribution is -0.253. The first-order chi connectivity index (χ1) is 19.4. The van der Waals surface area contributed by atoms with E-state index in [0.29, 0.717) is 38.8 Å². The lowest BCUT2D eigenvalue weighted by atomic mass is 9.42. The molecular formula is C32H52N2O8. The highest BCUT2D eigenvalue weighted by atomic mass is 16.6. The molecule has 0 aromatic rings. The van der Waals surface area contributed by atoms with Crippen molar-refractivity contribution in [1.29, 1.82) is 0 Å². The van der Waals surface area contributed by atoms with Gasteiger partial charge in [0.2, 0.25) is 0 Å². The Labute approximate surface area is 250 Å². The summed E-state index contributed by atoms with van der Waals surface area (Å²) in [4.78, 5) is 43.2. The number of hydrogen-bond donors (Lipinski definition) is 3. The van der Waals surface area contributed by atoms with E-state index < -0.39 is 63.7 Å². The highest BCUT2D eigenvalue weighted by Gasteiger charge is 2.72. The number of aliphatic hydroxyl groups excluding tert-OH is 3. The number of nitrogens with zero attached hydrogens (tertiary/aromatic N) is 2. The molecule has 2 bridgehead atoms. The molecule has 0 spiro atoms. The van der Waals surface area contributed by atoms with Gasteiger partial charge in [-0.2, -0.15) is 0 Å². The number of carbonyl (C=O) groups excluding carboxylic acids is 3. The predicted octanol–water partition coefficient (Wildman–Crippen LogP) is 2.92. The Kier molecular flexibility index (Phi) is 8.75. The summed E-state index contributed by atoms with van der Waals surface area (Å²) >= 11 is 0. The Hall–Kier alpha value is -2.01. The third-order valence-corrected chi connectivity index (χ3v) is 11.5. The van der Waals surface area contributed by atoms with Crippen LogP contribution in [0.2, 0.25) is 0 Å². The van der Waals surface area contributed by atoms with Gasteiger partial charge in [0.05, 0.1) is 31.4 Å². The second-order valence-electron chi connectivity index (χ2n) is 15.0. The molecule has 0 radical (unpaired) electrons. The first kappa shape index (κ1) is 32.9. The lowest BCUT2D eigenvalue weighted by Crippen LogP contribution is -2.69. The monoisotopic (exact) mass is 592 g/mol. The summed E-state index contributed by atoms with van der Waals surface area (Å²) in [5, 5.41) is 33.6. The number of amides is 1. The molecule has 42 heavy (non-hydrogen) atoms. The summed E-state index contributed by atoms with van der Waals surface area (Å²) in [7, 11) is 0. The molecule has 1 aliphatic heterocycles. The summed E-state index contributed by atoms with van der Waals surface area (Å²) in [5.74, 6) is -1.23. The summed E-state index contributed by atoms with van der Waals surface area (Å²) in [6.07, 6.45) is 1.68. The number of Topliss-reactive ketones (excluding diaryl/α,β-unsaturated/α-hetero) is 1. The zero-order chi connectivity index (χ0) is 31.5. The van der Waals surface area contributed by atoms with Gasteiger partial charge < -0.3 is 29.7 Å². The van der Waals surface area contributed by atoms with Crippen molar-refractivity contribution in [3.63, 3.8) is 0 Å². The number of hydrogen-bond acceptors (Lipinski definition) is 9. The van der Waals surface area contributed by atoms with Crippen LogP contribution in [0.1, 0.15) is 80.6 Å². The van der Waals surface area contributed by atoms with Gasteiger partial charge in [0, 0.05) is 42.8 Å². The maximum absolute atomic E-state index is 13.6. The predicted molar refractivity (Wildman–Crippen MR) is 156 cm³/mol. The van der Waals surface area contributed by atoms with Crippen LogP contribution in [-0.2, 0) is 19.1 Å². The van der Waals surface area contributed by atoms with Crippen LogP contribution in [-0.4, -0.2) is 105 Å². The van der Waals surface area contributed by atoms with Crippen LogP contribution >= 0.6 is 0 Å². The van der Waals surface area contributed by atoms with Crippen LogP contribution in [0.5, 0.6) is 0 Å². The number of carbonyl (C=O) groups is 3. The van der Waals surface area contributed by atoms with Crippen molar-refractivity contribution in [1.82, 2.24) is 9.80 Å². The number of ketones is 1. The average molecular weight is 593 g/mol. The van der Waals surface area contributed by atoms with E-state index in [-0.39, 0.29) is 37.8 Å². The summed E-state index contributed by atoms with van der Waals surface area (Å²) in [5.41, 5.74) is -4.16. The molecule has 9 atom stereocenters. The maximum Gasteiger partial charge on any atom is 0.410 e. The summed E-state index contributed by atoms with van der Waals surface area (Å²) < 4.78 is 11.8. The third-order valence-electron chi connectivity index (χ3n) is 11.5. The fraction of sp³-hybridized carbons (Fsp3) is 0.844. The standard InChI is InChI=1S/C32H52N2O8/c1-9-29(6)16-23(37)31(8)25-22(36)10-11-32(25,20(2)26(29)39)13-12-30(31,7)41-24(38)18-33-14-15-34(17-21(33)19-35)27(40)42-28(3,4)5/h9,20-21,23,25-26,35,37,39H,1,10-19H2,2-8H3. The molecule has 238 valence electrons. The van der Waals surface area contributed by atoms with Gasteiger partial charge in [0.25, 0.3) is 0 Å². The molecule has 3 saturated carbocycles. The second-order valence-corrected chi connectivity index (χ2v) is 15.0. The highest BCUT2D eigenvalue weighted by molar-refractivity contribution is 5.86. The van der Waals surface area contributed by atoms with E-state index in [1.54, 1.807) is 31.7 Å². The molecule has 1 heterocycles. The molecule has 1 amide bonds. The number of ether oxygens (including phenoxy) is 2. The molecule has 3 aliphatic carbocycles. The quantitative estimate of drug-likeness (QED) is 0.325. The molecule has 4 fully saturated rings. The molecule has 3 N–H and O–H groups in total. The zero-order valence-corrected chi connectivity index (χ0v) is 26.5. The highest BCUT2D eigenvalue weighted by Crippen LogP contribution is 2.69. The molecule has 10 nitrogen and oxygen atoms in total. The van der Waals surface area contributed by atoms with Gasteiger partial charge in [-0.05, 0) is 64.7 Å². The van der Waals surface area contributed by atoms with Crippen LogP contribution in [0.25, 0.3) is 0 Å². The molecule has 4 aliphatic rings. The SMILES string of the molecule is C=CC1(C)CC(O)C2(C)C3C(=O)CCC3(CCC2(C)OC(=O)CN2CCN(C(=O)OC(C)(C)C)CC2CO)C(C)C1O. The fourth-order valence-electron chi connectivity index (χ4n) is 8.69. The number of piperazine rings is 1. The fourth-order valence-corrected chi connectivity index (χ4v) is 8.69. The van der Waals surface area contributed by atoms with E-state index in [1.165, 1.54) is 0 Å². The van der Waals surface area contributed by atoms with Gasteiger partial charge >= 0.3 is 12.1 Å². The van der Waals surface area contributed by atoms with E-state index >= 15 is 0 Å². The second kappa shape index (κ2) is 11.2. The number of esters is 1. The topological polar surface area (TPSA) is 137 Å². The molecular weight excluding hydrogens is 540 g/mol. The van der Waals surface area contributed by atoms with E-state index in [9.17, 15) is 29.7 Å². The normalized spacial score (nSPS) is 42.8. The minimum atomic E-state index is -1.14. The van der Waals surface area contributed by atoms with Crippen molar-refractivity contribution < 1.29 is 39.2 Å². The van der Waals surface area contributed by atoms with Gasteiger partial charge in [-0.25, -0.2) is 4.79 Å². The van der Waals surface area contributed by atoms with Gasteiger partial charge in [0.1, 0.15) is 17.0 Å². The van der Waals surface area contributed by atoms with Crippen molar-refractivity contribution in [2.45, 2.75) is 110 Å². The first-order valence-electron chi connectivity index (χ1n) is 15.4. The molecule has 0 aromatic heterocycles. The Balaban J connectivity index is 1.57. The third kappa shape index (κ3) is 5.30. The van der Waals surface area contributed by atoms with Gasteiger partial charge in [-0.1, -0.05) is 26.8 Å². The zero-order valence-electron chi connectivity index (χ0n) is 26.5. The van der Waals surface area contributed by atoms with Gasteiger partial charge in [-0.15, -0.1) is 6.58 Å². The summed E-state index contributed by atoms with van der Waals surface area (Å²) in [6, 6.07) is -0.472. The van der Waals surface area contributed by atoms with Crippen LogP contribution in [0, 0.1) is 28.1 Å². The Morgan fingerprint density at radius 3 is 2.38 bits per heavy atom. The van der Waals surface area contributed by atoms with Gasteiger partial charge in [0.15, 0.2) is 0 Å². The first-order valence-corrected chi connectivity index (χ1v) is 15.4. The number of rotatable bonds is 5. The minimum absolute atomic E-state index is 0.0541. The van der Waals surface area contributed by atoms with Crippen LogP contribution in [0.3, 0.4) is 0 Å². The Morgan fingerprint density at radius 1 is 1.12 bits per heavy atom. The van der Waals surface area contributed by atoms with E-state index in [1.807, 2.05) is 32.6 Å². The number of aliphatic hydroxyl groups is 3. The van der Waals surface area contributed by atoms with E-state index in [0.717, 1.165) is 0 Å². The van der Waals surface area contributed by atoms with Crippen LogP contribution in [0.15, 0.2) is 12.7 Å². The van der Waals surface area contributed by atoms with Crippen LogP contribution < -0.4 is 0 Å². The average Bonchev–Trinajstić information content (AvgIpc) is 3.26. The van der Waals surface area contributed by atoms with Gasteiger partial charge in [-0.3, -0.25) is 14.5 Å². The Morgan fingerprint density at radius 2 is 1.79 bits per heavy atom. The lowest BCUT2D eigenvalue weighted by Gasteiger charge is -2.64. The smallest absolute Gasteiger partial charge is 0.410 e. The maximum atomic E-state index is 13.6. The molecule has 1 saturated heterocycles. The van der Waals surface area contributed by atoms with Crippen molar-refractivity contribution >= 4 is 17.8 Å². The van der Waals surface area contributed by atoms with Crippen molar-refractivity contribution in [3.8, 4) is 0 Å². The van der Waals surface area contributed by atoms with Crippen molar-refractivity contribution in [2.24, 2.45) is 28.1 Å². The molecule has 4 rings (SSSR count). The van der Waals surface area contributed by atoms with Crippen molar-refractivity contribution in [3.05, 3.63) is 12.7 Å². The molecule has 10 heteroatoms. The Bertz CT molecular complexity index is 1090. The molecule has 9 unspecified atom stereocenters. The largest absolute Gasteiger partial charge is 0.458 e. The summed E-state index contributed by atoms with van der Waals surface area (Å²) in [6.45, 7) is 17.6. The van der Waals surface area contributed by atoms with E-state index in [2.05, 4.69) is 6.58 Å². The van der Waals surface area contributed by atoms with Crippen molar-refractivity contribution in [2.75, 3.05) is 32.8 Å². The molecule has 0 aromatic carbocycles.